The molecule has 1 aliphatic rings. The molecule has 1 heterocycles. The Balaban J connectivity index is 2.37. The van der Waals surface area contributed by atoms with Crippen molar-refractivity contribution in [3.8, 4) is 6.07 Å². The maximum atomic E-state index is 11.4. The fourth-order valence-corrected chi connectivity index (χ4v) is 1.76. The van der Waals surface area contributed by atoms with E-state index in [4.69, 9.17) is 10.00 Å². The van der Waals surface area contributed by atoms with Gasteiger partial charge in [-0.15, -0.1) is 0 Å². The summed E-state index contributed by atoms with van der Waals surface area (Å²) in [6, 6.07) is 1.89. The van der Waals surface area contributed by atoms with Crippen molar-refractivity contribution in [2.75, 3.05) is 32.8 Å². The van der Waals surface area contributed by atoms with Crippen molar-refractivity contribution in [1.29, 1.82) is 5.26 Å². The standard InChI is InChI=1S/C11H19N3O2/c1-3-11(2)9-14(6-7-16-11)8-10(15)13-5-4-12/h3,5-9H2,1-2H3,(H,13,15)/t11-/m0/s1. The van der Waals surface area contributed by atoms with Crippen molar-refractivity contribution in [2.24, 2.45) is 0 Å². The van der Waals surface area contributed by atoms with Crippen LogP contribution in [0, 0.1) is 11.3 Å². The third-order valence-electron chi connectivity index (χ3n) is 2.90. The summed E-state index contributed by atoms with van der Waals surface area (Å²) in [5.41, 5.74) is -0.145. The Labute approximate surface area is 96.4 Å². The van der Waals surface area contributed by atoms with Gasteiger partial charge < -0.3 is 10.1 Å². The summed E-state index contributed by atoms with van der Waals surface area (Å²) >= 11 is 0. The summed E-state index contributed by atoms with van der Waals surface area (Å²) in [4.78, 5) is 13.5. The minimum absolute atomic E-state index is 0.0776. The molecule has 5 nitrogen and oxygen atoms in total. The van der Waals surface area contributed by atoms with Crippen LogP contribution < -0.4 is 5.32 Å². The second kappa shape index (κ2) is 5.83. The summed E-state index contributed by atoms with van der Waals surface area (Å²) in [6.07, 6.45) is 0.934. The first kappa shape index (κ1) is 12.9. The molecule has 0 bridgehead atoms. The lowest BCUT2D eigenvalue weighted by molar-refractivity contribution is -0.129. The molecule has 0 radical (unpaired) electrons. The van der Waals surface area contributed by atoms with Gasteiger partial charge in [0, 0.05) is 13.1 Å². The molecule has 0 unspecified atom stereocenters. The quantitative estimate of drug-likeness (QED) is 0.691. The average molecular weight is 225 g/mol. The average Bonchev–Trinajstić information content (AvgIpc) is 2.26. The zero-order valence-electron chi connectivity index (χ0n) is 9.95. The van der Waals surface area contributed by atoms with Gasteiger partial charge in [0.05, 0.1) is 24.8 Å². The Bertz CT molecular complexity index is 287. The van der Waals surface area contributed by atoms with E-state index in [0.717, 1.165) is 19.5 Å². The van der Waals surface area contributed by atoms with E-state index in [1.54, 1.807) is 0 Å². The molecule has 16 heavy (non-hydrogen) atoms. The topological polar surface area (TPSA) is 65.4 Å². The molecule has 0 aliphatic carbocycles. The van der Waals surface area contributed by atoms with Crippen LogP contribution >= 0.6 is 0 Å². The molecule has 1 fully saturated rings. The molecule has 0 aromatic carbocycles. The number of morpholine rings is 1. The Morgan fingerprint density at radius 1 is 1.69 bits per heavy atom. The van der Waals surface area contributed by atoms with E-state index in [-0.39, 0.29) is 18.1 Å². The Hall–Kier alpha value is -1.12. The van der Waals surface area contributed by atoms with Gasteiger partial charge in [0.25, 0.3) is 0 Å². The lowest BCUT2D eigenvalue weighted by atomic mass is 10.0. The van der Waals surface area contributed by atoms with E-state index in [1.165, 1.54) is 0 Å². The highest BCUT2D eigenvalue weighted by molar-refractivity contribution is 5.78. The minimum atomic E-state index is -0.145. The van der Waals surface area contributed by atoms with Gasteiger partial charge in [0.1, 0.15) is 6.54 Å². The maximum Gasteiger partial charge on any atom is 0.235 e. The molecular formula is C11H19N3O2. The van der Waals surface area contributed by atoms with Crippen LogP contribution in [0.3, 0.4) is 0 Å². The highest BCUT2D eigenvalue weighted by Gasteiger charge is 2.30. The number of hydrogen-bond acceptors (Lipinski definition) is 4. The molecule has 1 saturated heterocycles. The van der Waals surface area contributed by atoms with Crippen LogP contribution in [0.25, 0.3) is 0 Å². The Morgan fingerprint density at radius 3 is 3.06 bits per heavy atom. The zero-order valence-corrected chi connectivity index (χ0v) is 9.95. The van der Waals surface area contributed by atoms with Gasteiger partial charge in [-0.1, -0.05) is 6.92 Å². The first-order valence-electron chi connectivity index (χ1n) is 5.59. The van der Waals surface area contributed by atoms with Crippen molar-refractivity contribution < 1.29 is 9.53 Å². The first-order valence-corrected chi connectivity index (χ1v) is 5.59. The van der Waals surface area contributed by atoms with E-state index >= 15 is 0 Å². The van der Waals surface area contributed by atoms with E-state index < -0.39 is 0 Å². The van der Waals surface area contributed by atoms with Gasteiger partial charge in [0.2, 0.25) is 5.91 Å². The Morgan fingerprint density at radius 2 is 2.44 bits per heavy atom. The summed E-state index contributed by atoms with van der Waals surface area (Å²) < 4.78 is 5.68. The molecule has 1 atom stereocenters. The third-order valence-corrected chi connectivity index (χ3v) is 2.90. The van der Waals surface area contributed by atoms with Crippen molar-refractivity contribution in [3.63, 3.8) is 0 Å². The Kier molecular flexibility index (Phi) is 4.71. The number of rotatable bonds is 4. The monoisotopic (exact) mass is 225 g/mol. The number of carbonyl (C=O) groups is 1. The van der Waals surface area contributed by atoms with Crippen molar-refractivity contribution in [2.45, 2.75) is 25.9 Å². The molecule has 0 aromatic rings. The number of hydrogen-bond donors (Lipinski definition) is 1. The van der Waals surface area contributed by atoms with E-state index in [2.05, 4.69) is 24.1 Å². The summed E-state index contributed by atoms with van der Waals surface area (Å²) in [5, 5.41) is 10.9. The van der Waals surface area contributed by atoms with Gasteiger partial charge in [-0.3, -0.25) is 9.69 Å². The van der Waals surface area contributed by atoms with Crippen LogP contribution in [0.15, 0.2) is 0 Å². The maximum absolute atomic E-state index is 11.4. The van der Waals surface area contributed by atoms with Crippen LogP contribution in [0.4, 0.5) is 0 Å². The number of carbonyl (C=O) groups excluding carboxylic acids is 1. The van der Waals surface area contributed by atoms with E-state index in [0.29, 0.717) is 13.2 Å². The highest BCUT2D eigenvalue weighted by atomic mass is 16.5. The van der Waals surface area contributed by atoms with Crippen LogP contribution in [0.1, 0.15) is 20.3 Å². The number of ether oxygens (including phenoxy) is 1. The van der Waals surface area contributed by atoms with Gasteiger partial charge in [-0.05, 0) is 13.3 Å². The van der Waals surface area contributed by atoms with Crippen LogP contribution in [0.5, 0.6) is 0 Å². The number of nitrogens with zero attached hydrogens (tertiary/aromatic N) is 2. The van der Waals surface area contributed by atoms with Gasteiger partial charge in [0.15, 0.2) is 0 Å². The normalized spacial score (nSPS) is 26.1. The third kappa shape index (κ3) is 3.80. The van der Waals surface area contributed by atoms with Gasteiger partial charge >= 0.3 is 0 Å². The largest absolute Gasteiger partial charge is 0.373 e. The van der Waals surface area contributed by atoms with E-state index in [1.807, 2.05) is 6.07 Å². The number of nitriles is 1. The van der Waals surface area contributed by atoms with Crippen molar-refractivity contribution >= 4 is 5.91 Å². The zero-order chi connectivity index (χ0) is 12.0. The number of amides is 1. The van der Waals surface area contributed by atoms with Gasteiger partial charge in [-0.2, -0.15) is 5.26 Å². The summed E-state index contributed by atoms with van der Waals surface area (Å²) in [5.74, 6) is -0.0955. The lowest BCUT2D eigenvalue weighted by Crippen LogP contribution is -2.52. The summed E-state index contributed by atoms with van der Waals surface area (Å²) in [6.45, 7) is 6.77. The molecule has 1 amide bonds. The smallest absolute Gasteiger partial charge is 0.235 e. The fraction of sp³-hybridized carbons (Fsp3) is 0.818. The predicted octanol–water partition coefficient (Wildman–Crippen LogP) is 0.127. The second-order valence-electron chi connectivity index (χ2n) is 4.30. The molecule has 1 rings (SSSR count). The fourth-order valence-electron chi connectivity index (χ4n) is 1.76. The SMILES string of the molecule is CC[C@@]1(C)CN(CC(=O)NCC#N)CCO1. The van der Waals surface area contributed by atoms with E-state index in [9.17, 15) is 4.79 Å². The second-order valence-corrected chi connectivity index (χ2v) is 4.30. The van der Waals surface area contributed by atoms with Crippen molar-refractivity contribution in [1.82, 2.24) is 10.2 Å². The molecule has 0 saturated carbocycles. The first-order chi connectivity index (χ1) is 7.59. The van der Waals surface area contributed by atoms with Crippen LogP contribution in [-0.4, -0.2) is 49.2 Å². The molecule has 0 aromatic heterocycles. The molecule has 5 heteroatoms. The summed E-state index contributed by atoms with van der Waals surface area (Å²) in [7, 11) is 0. The molecule has 0 spiro atoms. The van der Waals surface area contributed by atoms with Crippen LogP contribution in [-0.2, 0) is 9.53 Å². The lowest BCUT2D eigenvalue weighted by Gasteiger charge is -2.39. The number of nitrogens with one attached hydrogen (secondary N) is 1. The molecule has 1 N–H and O–H groups in total. The highest BCUT2D eigenvalue weighted by Crippen LogP contribution is 2.20. The van der Waals surface area contributed by atoms with Crippen molar-refractivity contribution in [3.05, 3.63) is 0 Å². The van der Waals surface area contributed by atoms with Crippen LogP contribution in [0.2, 0.25) is 0 Å². The molecule has 1 aliphatic heterocycles. The molecule has 90 valence electrons. The predicted molar refractivity (Wildman–Crippen MR) is 59.7 cm³/mol. The minimum Gasteiger partial charge on any atom is -0.373 e. The molecular weight excluding hydrogens is 206 g/mol. The van der Waals surface area contributed by atoms with Gasteiger partial charge in [-0.25, -0.2) is 0 Å².